The molecule has 2 nitrogen and oxygen atoms in total. The average Bonchev–Trinajstić information content (AvgIpc) is 2.84. The fourth-order valence-corrected chi connectivity index (χ4v) is 3.16. The van der Waals surface area contributed by atoms with Crippen molar-refractivity contribution in [1.29, 1.82) is 0 Å². The Balaban J connectivity index is 2.20. The van der Waals surface area contributed by atoms with Gasteiger partial charge >= 0.3 is 0 Å². The minimum atomic E-state index is -0.272. The number of hydrogen-bond donors (Lipinski definition) is 0. The smallest absolute Gasteiger partial charge is 0.125 e. The third-order valence-corrected chi connectivity index (χ3v) is 4.29. The molecule has 3 rings (SSSR count). The normalized spacial score (nSPS) is 12.8. The summed E-state index contributed by atoms with van der Waals surface area (Å²) in [5.74, 6) is 0.755. The molecule has 0 spiro atoms. The molecule has 0 saturated carbocycles. The van der Waals surface area contributed by atoms with E-state index in [1.165, 1.54) is 12.1 Å². The lowest BCUT2D eigenvalue weighted by molar-refractivity contribution is 0.618. The molecule has 0 N–H and O–H groups in total. The zero-order chi connectivity index (χ0) is 15.0. The van der Waals surface area contributed by atoms with Gasteiger partial charge in [-0.25, -0.2) is 9.37 Å². The molecular formula is C16H13BrClFN2. The number of hydrogen-bond acceptors (Lipinski definition) is 1. The molecule has 0 fully saturated rings. The molecule has 0 amide bonds. The Morgan fingerprint density at radius 3 is 2.81 bits per heavy atom. The van der Waals surface area contributed by atoms with Crippen molar-refractivity contribution in [2.24, 2.45) is 0 Å². The molecule has 1 heterocycles. The van der Waals surface area contributed by atoms with E-state index in [0.29, 0.717) is 0 Å². The van der Waals surface area contributed by atoms with E-state index in [0.717, 1.165) is 26.9 Å². The maximum absolute atomic E-state index is 13.6. The van der Waals surface area contributed by atoms with Crippen molar-refractivity contribution in [3.05, 3.63) is 64.1 Å². The SMILES string of the molecule is CC(c1cccc(Br)c1)n1c(CCl)nc2ccc(F)cc21. The predicted molar refractivity (Wildman–Crippen MR) is 87.2 cm³/mol. The minimum absolute atomic E-state index is 0.0167. The highest BCUT2D eigenvalue weighted by atomic mass is 79.9. The van der Waals surface area contributed by atoms with Gasteiger partial charge in [0.15, 0.2) is 0 Å². The molecular weight excluding hydrogens is 355 g/mol. The molecule has 2 aromatic carbocycles. The first kappa shape index (κ1) is 14.5. The van der Waals surface area contributed by atoms with E-state index in [4.69, 9.17) is 11.6 Å². The van der Waals surface area contributed by atoms with E-state index in [9.17, 15) is 4.39 Å². The van der Waals surface area contributed by atoms with Crippen LogP contribution >= 0.6 is 27.5 Å². The second-order valence-electron chi connectivity index (χ2n) is 4.90. The molecule has 5 heteroatoms. The Labute approximate surface area is 135 Å². The summed E-state index contributed by atoms with van der Waals surface area (Å²) in [6.07, 6.45) is 0. The first-order valence-electron chi connectivity index (χ1n) is 6.58. The Morgan fingerprint density at radius 1 is 1.29 bits per heavy atom. The van der Waals surface area contributed by atoms with E-state index < -0.39 is 0 Å². The Hall–Kier alpha value is -1.39. The quantitative estimate of drug-likeness (QED) is 0.575. The van der Waals surface area contributed by atoms with Crippen LogP contribution in [0.25, 0.3) is 11.0 Å². The Morgan fingerprint density at radius 2 is 2.10 bits per heavy atom. The van der Waals surface area contributed by atoms with Crippen molar-refractivity contribution >= 4 is 38.6 Å². The molecule has 0 bridgehead atoms. The molecule has 21 heavy (non-hydrogen) atoms. The zero-order valence-corrected chi connectivity index (χ0v) is 13.7. The van der Waals surface area contributed by atoms with E-state index in [1.54, 1.807) is 6.07 Å². The lowest BCUT2D eigenvalue weighted by atomic mass is 10.1. The topological polar surface area (TPSA) is 17.8 Å². The van der Waals surface area contributed by atoms with Gasteiger partial charge < -0.3 is 4.57 Å². The number of aromatic nitrogens is 2. The van der Waals surface area contributed by atoms with Gasteiger partial charge in [-0.3, -0.25) is 0 Å². The number of rotatable bonds is 3. The zero-order valence-electron chi connectivity index (χ0n) is 11.4. The van der Waals surface area contributed by atoms with Gasteiger partial charge in [0.2, 0.25) is 0 Å². The van der Waals surface area contributed by atoms with E-state index >= 15 is 0 Å². The summed E-state index contributed by atoms with van der Waals surface area (Å²) in [6, 6.07) is 12.7. The minimum Gasteiger partial charge on any atom is -0.320 e. The van der Waals surface area contributed by atoms with Gasteiger partial charge in [-0.1, -0.05) is 28.1 Å². The van der Waals surface area contributed by atoms with Gasteiger partial charge in [0.25, 0.3) is 0 Å². The fourth-order valence-electron chi connectivity index (χ4n) is 2.56. The maximum atomic E-state index is 13.6. The van der Waals surface area contributed by atoms with E-state index in [-0.39, 0.29) is 17.7 Å². The highest BCUT2D eigenvalue weighted by molar-refractivity contribution is 9.10. The average molecular weight is 368 g/mol. The molecule has 1 aromatic heterocycles. The van der Waals surface area contributed by atoms with Crippen LogP contribution in [0.1, 0.15) is 24.4 Å². The van der Waals surface area contributed by atoms with Crippen LogP contribution in [0, 0.1) is 5.82 Å². The number of alkyl halides is 1. The van der Waals surface area contributed by atoms with Crippen LogP contribution in [0.3, 0.4) is 0 Å². The van der Waals surface area contributed by atoms with Gasteiger partial charge in [-0.15, -0.1) is 11.6 Å². The number of fused-ring (bicyclic) bond motifs is 1. The van der Waals surface area contributed by atoms with Crippen LogP contribution in [0.5, 0.6) is 0 Å². The summed E-state index contributed by atoms with van der Waals surface area (Å²) in [5, 5.41) is 0. The molecule has 0 saturated heterocycles. The molecule has 3 aromatic rings. The molecule has 1 unspecified atom stereocenters. The highest BCUT2D eigenvalue weighted by Gasteiger charge is 2.17. The number of benzene rings is 2. The van der Waals surface area contributed by atoms with Crippen LogP contribution in [0.15, 0.2) is 46.9 Å². The van der Waals surface area contributed by atoms with Crippen molar-refractivity contribution in [1.82, 2.24) is 9.55 Å². The third-order valence-electron chi connectivity index (χ3n) is 3.56. The van der Waals surface area contributed by atoms with Gasteiger partial charge in [-0.2, -0.15) is 0 Å². The van der Waals surface area contributed by atoms with Crippen LogP contribution in [-0.4, -0.2) is 9.55 Å². The number of halogens is 3. The highest BCUT2D eigenvalue weighted by Crippen LogP contribution is 2.28. The van der Waals surface area contributed by atoms with Crippen LogP contribution in [0.2, 0.25) is 0 Å². The molecule has 1 atom stereocenters. The standard InChI is InChI=1S/C16H13BrClFN2/c1-10(11-3-2-4-12(17)7-11)21-15-8-13(19)5-6-14(15)20-16(21)9-18/h2-8,10H,9H2,1H3. The Bertz CT molecular complexity index is 800. The lowest BCUT2D eigenvalue weighted by Gasteiger charge is -2.18. The maximum Gasteiger partial charge on any atom is 0.125 e. The predicted octanol–water partition coefficient (Wildman–Crippen LogP) is 5.29. The molecule has 0 aliphatic heterocycles. The van der Waals surface area contributed by atoms with Crippen LogP contribution in [0.4, 0.5) is 4.39 Å². The summed E-state index contributed by atoms with van der Waals surface area (Å²) in [5.41, 5.74) is 2.63. The van der Waals surface area contributed by atoms with Crippen molar-refractivity contribution in [3.8, 4) is 0 Å². The summed E-state index contributed by atoms with van der Waals surface area (Å²) in [7, 11) is 0. The molecule has 0 aliphatic carbocycles. The van der Waals surface area contributed by atoms with E-state index in [2.05, 4.69) is 27.8 Å². The fraction of sp³-hybridized carbons (Fsp3) is 0.188. The van der Waals surface area contributed by atoms with Gasteiger partial charge in [0.1, 0.15) is 11.6 Å². The first-order chi connectivity index (χ1) is 10.1. The summed E-state index contributed by atoms with van der Waals surface area (Å²) in [4.78, 5) is 4.49. The van der Waals surface area contributed by atoms with Crippen molar-refractivity contribution < 1.29 is 4.39 Å². The van der Waals surface area contributed by atoms with E-state index in [1.807, 2.05) is 28.8 Å². The van der Waals surface area contributed by atoms with Crippen LogP contribution in [-0.2, 0) is 5.88 Å². The monoisotopic (exact) mass is 366 g/mol. The van der Waals surface area contributed by atoms with Crippen molar-refractivity contribution in [3.63, 3.8) is 0 Å². The Kier molecular flexibility index (Phi) is 4.00. The van der Waals surface area contributed by atoms with Crippen molar-refractivity contribution in [2.75, 3.05) is 0 Å². The molecule has 0 radical (unpaired) electrons. The number of nitrogens with zero attached hydrogens (tertiary/aromatic N) is 2. The van der Waals surface area contributed by atoms with Gasteiger partial charge in [0, 0.05) is 4.47 Å². The molecule has 0 aliphatic rings. The third kappa shape index (κ3) is 2.70. The summed E-state index contributed by atoms with van der Waals surface area (Å²) in [6.45, 7) is 2.06. The van der Waals surface area contributed by atoms with Crippen molar-refractivity contribution in [2.45, 2.75) is 18.8 Å². The largest absolute Gasteiger partial charge is 0.320 e. The van der Waals surface area contributed by atoms with Gasteiger partial charge in [0.05, 0.1) is 23.0 Å². The van der Waals surface area contributed by atoms with Gasteiger partial charge in [-0.05, 0) is 42.8 Å². The summed E-state index contributed by atoms with van der Waals surface area (Å²) < 4.78 is 16.6. The summed E-state index contributed by atoms with van der Waals surface area (Å²) >= 11 is 9.50. The lowest BCUT2D eigenvalue weighted by Crippen LogP contribution is -2.10. The number of imidazole rings is 1. The van der Waals surface area contributed by atoms with Crippen LogP contribution < -0.4 is 0 Å². The second-order valence-corrected chi connectivity index (χ2v) is 6.08. The second kappa shape index (κ2) is 5.78. The first-order valence-corrected chi connectivity index (χ1v) is 7.90. The molecule has 108 valence electrons.